The highest BCUT2D eigenvalue weighted by Gasteiger charge is 2.67. The molecule has 5 fully saturated rings. The zero-order valence-corrected chi connectivity index (χ0v) is 27.7. The number of ether oxygens (including phenoxy) is 3. The van der Waals surface area contributed by atoms with Crippen molar-refractivity contribution in [1.29, 1.82) is 0 Å². The second-order valence-electron chi connectivity index (χ2n) is 14.9. The quantitative estimate of drug-likeness (QED) is 0.163. The maximum atomic E-state index is 12.8. The smallest absolute Gasteiger partial charge is 0.306 e. The van der Waals surface area contributed by atoms with Crippen LogP contribution in [-0.4, -0.2) is 63.2 Å². The van der Waals surface area contributed by atoms with Crippen LogP contribution < -0.4 is 5.26 Å². The molecule has 2 N–H and O–H groups in total. The Labute approximate surface area is 266 Å². The van der Waals surface area contributed by atoms with E-state index in [1.807, 2.05) is 27.7 Å². The van der Waals surface area contributed by atoms with Gasteiger partial charge in [0, 0.05) is 17.8 Å². The molecule has 1 saturated heterocycles. The molecule has 13 unspecified atom stereocenters. The summed E-state index contributed by atoms with van der Waals surface area (Å²) in [7, 11) is 0. The van der Waals surface area contributed by atoms with E-state index >= 15 is 0 Å². The zero-order chi connectivity index (χ0) is 32.6. The minimum Gasteiger partial charge on any atom is -0.692 e. The molecule has 1 aliphatic heterocycles. The lowest BCUT2D eigenvalue weighted by Gasteiger charge is -2.62. The molecule has 12 heteroatoms. The van der Waals surface area contributed by atoms with Gasteiger partial charge in [-0.3, -0.25) is 14.6 Å². The Bertz CT molecular complexity index is 1010. The maximum Gasteiger partial charge on any atom is 0.306 e. The Kier molecular flexibility index (Phi) is 11.5. The minimum absolute atomic E-state index is 0.00590. The van der Waals surface area contributed by atoms with Gasteiger partial charge in [0.25, 0.3) is 0 Å². The Hall–Kier alpha value is -1.28. The maximum absolute atomic E-state index is 12.8. The molecule has 44 heavy (non-hydrogen) atoms. The van der Waals surface area contributed by atoms with Crippen LogP contribution in [0.25, 0.3) is 0 Å². The number of rotatable bonds is 9. The summed E-state index contributed by atoms with van der Waals surface area (Å²) >= 11 is 2.83. The van der Waals surface area contributed by atoms with E-state index in [1.54, 1.807) is 0 Å². The molecule has 0 radical (unpaired) electrons. The summed E-state index contributed by atoms with van der Waals surface area (Å²) in [6, 6.07) is 0. The molecule has 14 atom stereocenters. The molecule has 5 aliphatic rings. The molecule has 0 aromatic rings. The van der Waals surface area contributed by atoms with Crippen LogP contribution in [0.4, 0.5) is 0 Å². The number of carbonyl (C=O) groups excluding carboxylic acids is 1. The van der Waals surface area contributed by atoms with Gasteiger partial charge in [0.15, 0.2) is 24.9 Å². The monoisotopic (exact) mass is 643 g/mol. The van der Waals surface area contributed by atoms with E-state index in [2.05, 4.69) is 31.4 Å². The van der Waals surface area contributed by atoms with Gasteiger partial charge in [-0.25, -0.2) is 4.89 Å². The number of carboxylic acids is 1. The third-order valence-electron chi connectivity index (χ3n) is 12.2. The molecule has 252 valence electrons. The van der Waals surface area contributed by atoms with Crippen LogP contribution in [0, 0.1) is 52.3 Å². The summed E-state index contributed by atoms with van der Waals surface area (Å²) < 4.78 is 26.7. The topological polar surface area (TPSA) is 161 Å². The van der Waals surface area contributed by atoms with Crippen molar-refractivity contribution >= 4 is 24.5 Å². The number of hydrogen-bond acceptors (Lipinski definition) is 11. The van der Waals surface area contributed by atoms with E-state index in [1.165, 1.54) is 0 Å². The predicted molar refractivity (Wildman–Crippen MR) is 156 cm³/mol. The van der Waals surface area contributed by atoms with Crippen LogP contribution in [0.1, 0.15) is 99.3 Å². The van der Waals surface area contributed by atoms with Crippen molar-refractivity contribution in [2.24, 2.45) is 52.3 Å². The fourth-order valence-corrected chi connectivity index (χ4v) is 10.4. The van der Waals surface area contributed by atoms with Gasteiger partial charge >= 0.3 is 11.9 Å². The van der Waals surface area contributed by atoms with E-state index < -0.39 is 54.5 Å². The second-order valence-corrected chi connectivity index (χ2v) is 14.9. The number of hydrogen-bond donors (Lipinski definition) is 2. The van der Waals surface area contributed by atoms with E-state index in [-0.39, 0.29) is 47.0 Å². The molecule has 5 rings (SSSR count). The van der Waals surface area contributed by atoms with Gasteiger partial charge in [0.05, 0.1) is 24.2 Å². The van der Waals surface area contributed by atoms with Crippen molar-refractivity contribution < 1.29 is 53.4 Å². The van der Waals surface area contributed by atoms with Crippen LogP contribution in [0.3, 0.4) is 0 Å². The minimum atomic E-state index is -0.947. The van der Waals surface area contributed by atoms with Crippen molar-refractivity contribution in [3.8, 4) is 0 Å². The van der Waals surface area contributed by atoms with Crippen LogP contribution in [0.2, 0.25) is 0 Å². The molecule has 1 spiro atoms. The van der Waals surface area contributed by atoms with Crippen molar-refractivity contribution in [2.45, 2.75) is 136 Å². The highest BCUT2D eigenvalue weighted by Crippen LogP contribution is 2.71. The normalized spacial score (nSPS) is 46.3. The second kappa shape index (κ2) is 14.2. The molecule has 4 aliphatic carbocycles. The highest BCUT2D eigenvalue weighted by molar-refractivity contribution is 7.44. The Morgan fingerprint density at radius 1 is 1.09 bits per heavy atom. The summed E-state index contributed by atoms with van der Waals surface area (Å²) in [5, 5.41) is 36.7. The molecule has 1 heterocycles. The zero-order valence-electron chi connectivity index (χ0n) is 26.8. The van der Waals surface area contributed by atoms with Gasteiger partial charge in [0.2, 0.25) is 0 Å². The third-order valence-corrected chi connectivity index (χ3v) is 12.2. The number of aliphatic hydroxyl groups excluding tert-OH is 1. The molecule has 11 nitrogen and oxygen atoms in total. The summed E-state index contributed by atoms with van der Waals surface area (Å²) in [5.41, 5.74) is -0.490. The first-order valence-electron chi connectivity index (χ1n) is 16.4. The molecule has 0 amide bonds. The molecular formula is C32H51O11S-. The lowest BCUT2D eigenvalue weighted by atomic mass is 9.43. The molecule has 0 aromatic carbocycles. The predicted octanol–water partition coefficient (Wildman–Crippen LogP) is 3.68. The molecule has 0 aromatic heterocycles. The molecule has 4 saturated carbocycles. The van der Waals surface area contributed by atoms with E-state index in [0.717, 1.165) is 32.1 Å². The number of esters is 1. The summed E-state index contributed by atoms with van der Waals surface area (Å²) in [6.45, 7) is 12.0. The lowest BCUT2D eigenvalue weighted by molar-refractivity contribution is -0.807. The van der Waals surface area contributed by atoms with E-state index in [9.17, 15) is 25.1 Å². The standard InChI is InChI=1S/C32H52O10.OS/c1-7-23-26(41-42-37)18(5)27(40-25(33)12-16(2)3)30(39-23)38-20-13-21(29(35)36)22-10-11-32-14-19(17(4)28(32)34)8-9-24(32)31(22,6)15-20;1-2/h16-24,26-28,30,34,37H,7-15H2,1-6H3,(H,35,36);/p-1/t17?,18-,19?,20?,21?,22?,23?,24?,26?,27?,28?,30?,31?,32?;/m0./s1. The number of carboxylic acid groups (broad SMARTS) is 1. The lowest BCUT2D eigenvalue weighted by Crippen LogP contribution is -2.61. The average molecular weight is 644 g/mol. The number of aliphatic hydroxyl groups is 1. The number of carbonyl (C=O) groups is 2. The largest absolute Gasteiger partial charge is 0.692 e. The third kappa shape index (κ3) is 6.33. The summed E-state index contributed by atoms with van der Waals surface area (Å²) in [5.74, 6) is -1.15. The van der Waals surface area contributed by atoms with Gasteiger partial charge in [-0.15, -0.1) is 0 Å². The fourth-order valence-electron chi connectivity index (χ4n) is 10.4. The first-order chi connectivity index (χ1) is 20.9. The fraction of sp³-hybridized carbons (Fsp3) is 0.938. The van der Waals surface area contributed by atoms with Gasteiger partial charge in [0.1, 0.15) is 6.10 Å². The van der Waals surface area contributed by atoms with Crippen LogP contribution in [-0.2, 0) is 46.3 Å². The van der Waals surface area contributed by atoms with Gasteiger partial charge in [-0.05, 0) is 86.4 Å². The van der Waals surface area contributed by atoms with Crippen LogP contribution in [0.15, 0.2) is 0 Å². The Morgan fingerprint density at radius 2 is 1.80 bits per heavy atom. The molecule has 2 bridgehead atoms. The van der Waals surface area contributed by atoms with Crippen molar-refractivity contribution in [3.63, 3.8) is 0 Å². The van der Waals surface area contributed by atoms with E-state index in [4.69, 9.17) is 23.3 Å². The highest BCUT2D eigenvalue weighted by atomic mass is 32.1. The van der Waals surface area contributed by atoms with Crippen LogP contribution >= 0.6 is 0 Å². The number of aliphatic carboxylic acids is 1. The average Bonchev–Trinajstić information content (AvgIpc) is 3.15. The van der Waals surface area contributed by atoms with Gasteiger partial charge in [-0.2, -0.15) is 4.21 Å². The van der Waals surface area contributed by atoms with Gasteiger partial charge < -0.3 is 29.7 Å². The summed E-state index contributed by atoms with van der Waals surface area (Å²) in [6.07, 6.45) is 2.57. The SMILES string of the molecule is CCC1OC(OC2CC(C(=O)O)C3CCC45CC(CCC4C3(C)C2)C(C)C5O)C(OC(=O)CC(C)C)[C@@H](C)C1OO[O-].O=S. The first kappa shape index (κ1) is 35.6. The van der Waals surface area contributed by atoms with E-state index in [0.29, 0.717) is 25.2 Å². The number of fused-ring (bicyclic) bond motifs is 3. The Morgan fingerprint density at radius 3 is 2.41 bits per heavy atom. The first-order valence-corrected chi connectivity index (χ1v) is 16.7. The Balaban J connectivity index is 0.00000216. The van der Waals surface area contributed by atoms with Crippen LogP contribution in [0.5, 0.6) is 0 Å². The van der Waals surface area contributed by atoms with Crippen molar-refractivity contribution in [3.05, 3.63) is 0 Å². The molecular weight excluding hydrogens is 592 g/mol. The summed E-state index contributed by atoms with van der Waals surface area (Å²) in [4.78, 5) is 30.6. The van der Waals surface area contributed by atoms with Crippen molar-refractivity contribution in [1.82, 2.24) is 0 Å². The van der Waals surface area contributed by atoms with Crippen molar-refractivity contribution in [2.75, 3.05) is 0 Å². The van der Waals surface area contributed by atoms with Gasteiger partial charge in [-0.1, -0.05) is 41.5 Å².